The molecule has 1 heteroatoms. The molecule has 0 fully saturated rings. The fourth-order valence-corrected chi connectivity index (χ4v) is 4.86. The third kappa shape index (κ3) is 5.00. The van der Waals surface area contributed by atoms with Crippen LogP contribution in [0.15, 0.2) is 158 Å². The second-order valence-corrected chi connectivity index (χ2v) is 9.57. The van der Waals surface area contributed by atoms with Crippen LogP contribution in [0.3, 0.4) is 0 Å². The molecule has 0 N–H and O–H groups in total. The third-order valence-corrected chi connectivity index (χ3v) is 6.98. The van der Waals surface area contributed by atoms with Crippen LogP contribution in [0.2, 0.25) is 0 Å². The maximum atomic E-state index is 2.31. The molecule has 0 spiro atoms. The van der Waals surface area contributed by atoms with Gasteiger partial charge in [0.1, 0.15) is 0 Å². The first kappa shape index (κ1) is 23.5. The first-order chi connectivity index (χ1) is 18.7. The Balaban J connectivity index is 1.30. The standard InChI is InChI=1S/C37H29N/c1-28-12-14-30(15-13-28)33-20-24-36(25-21-33)38(35-10-6-3-7-11-35)37-26-22-34(23-27-37)32-18-16-31(17-19-32)29-8-4-2-5-9-29/h2-27H,1H3. The zero-order valence-electron chi connectivity index (χ0n) is 21.5. The van der Waals surface area contributed by atoms with Crippen LogP contribution in [0.4, 0.5) is 17.1 Å². The summed E-state index contributed by atoms with van der Waals surface area (Å²) < 4.78 is 0. The molecule has 0 saturated heterocycles. The van der Waals surface area contributed by atoms with Gasteiger partial charge in [0.25, 0.3) is 0 Å². The van der Waals surface area contributed by atoms with E-state index in [9.17, 15) is 0 Å². The van der Waals surface area contributed by atoms with E-state index in [2.05, 4.69) is 170 Å². The van der Waals surface area contributed by atoms with Crippen molar-refractivity contribution >= 4 is 17.1 Å². The van der Waals surface area contributed by atoms with Crippen molar-refractivity contribution in [3.05, 3.63) is 163 Å². The van der Waals surface area contributed by atoms with Gasteiger partial charge in [-0.05, 0) is 76.7 Å². The molecule has 0 aromatic heterocycles. The Kier molecular flexibility index (Phi) is 6.57. The average Bonchev–Trinajstić information content (AvgIpc) is 3.00. The largest absolute Gasteiger partial charge is 0.311 e. The lowest BCUT2D eigenvalue weighted by molar-refractivity contribution is 1.28. The van der Waals surface area contributed by atoms with Crippen molar-refractivity contribution < 1.29 is 0 Å². The minimum atomic E-state index is 1.13. The van der Waals surface area contributed by atoms with E-state index in [0.29, 0.717) is 0 Å². The van der Waals surface area contributed by atoms with Gasteiger partial charge < -0.3 is 4.90 Å². The highest BCUT2D eigenvalue weighted by Gasteiger charge is 2.13. The lowest BCUT2D eigenvalue weighted by atomic mass is 10.00. The van der Waals surface area contributed by atoms with Crippen LogP contribution in [0.5, 0.6) is 0 Å². The first-order valence-electron chi connectivity index (χ1n) is 13.0. The van der Waals surface area contributed by atoms with Gasteiger partial charge in [-0.15, -0.1) is 0 Å². The monoisotopic (exact) mass is 487 g/mol. The molecule has 38 heavy (non-hydrogen) atoms. The Bertz CT molecular complexity index is 1600. The second kappa shape index (κ2) is 10.6. The summed E-state index contributed by atoms with van der Waals surface area (Å²) in [5.74, 6) is 0. The van der Waals surface area contributed by atoms with Gasteiger partial charge in [-0.2, -0.15) is 0 Å². The summed E-state index contributed by atoms with van der Waals surface area (Å²) in [6.45, 7) is 2.12. The van der Waals surface area contributed by atoms with E-state index in [1.165, 1.54) is 38.9 Å². The number of aryl methyl sites for hydroxylation is 1. The van der Waals surface area contributed by atoms with Crippen molar-refractivity contribution in [2.24, 2.45) is 0 Å². The molecule has 6 aromatic rings. The third-order valence-electron chi connectivity index (χ3n) is 6.98. The minimum absolute atomic E-state index is 1.13. The number of hydrogen-bond donors (Lipinski definition) is 0. The average molecular weight is 488 g/mol. The summed E-state index contributed by atoms with van der Waals surface area (Å²) in [5.41, 5.74) is 12.0. The Morgan fingerprint density at radius 1 is 0.289 bits per heavy atom. The van der Waals surface area contributed by atoms with Crippen LogP contribution in [0, 0.1) is 6.92 Å². The highest BCUT2D eigenvalue weighted by atomic mass is 15.1. The van der Waals surface area contributed by atoms with Gasteiger partial charge in [0.15, 0.2) is 0 Å². The number of nitrogens with zero attached hydrogens (tertiary/aromatic N) is 1. The molecule has 6 aromatic carbocycles. The molecular weight excluding hydrogens is 458 g/mol. The molecule has 182 valence electrons. The van der Waals surface area contributed by atoms with Gasteiger partial charge in [0, 0.05) is 17.1 Å². The zero-order valence-corrected chi connectivity index (χ0v) is 21.5. The molecule has 0 saturated carbocycles. The first-order valence-corrected chi connectivity index (χ1v) is 13.0. The maximum Gasteiger partial charge on any atom is 0.0462 e. The summed E-state index contributed by atoms with van der Waals surface area (Å²) in [5, 5.41) is 0. The predicted octanol–water partition coefficient (Wildman–Crippen LogP) is 10.5. The molecule has 0 bridgehead atoms. The van der Waals surface area contributed by atoms with Crippen molar-refractivity contribution in [3.8, 4) is 33.4 Å². The Labute approximate surface area is 225 Å². The van der Waals surface area contributed by atoms with E-state index in [0.717, 1.165) is 17.1 Å². The summed E-state index contributed by atoms with van der Waals surface area (Å²) in [6, 6.07) is 56.2. The smallest absolute Gasteiger partial charge is 0.0462 e. The molecule has 0 aliphatic carbocycles. The van der Waals surface area contributed by atoms with Crippen LogP contribution < -0.4 is 4.90 Å². The van der Waals surface area contributed by atoms with E-state index in [1.54, 1.807) is 0 Å². The molecule has 6 rings (SSSR count). The van der Waals surface area contributed by atoms with Gasteiger partial charge in [-0.1, -0.05) is 127 Å². The number of hydrogen-bond acceptors (Lipinski definition) is 1. The number of rotatable bonds is 6. The molecule has 0 amide bonds. The van der Waals surface area contributed by atoms with Gasteiger partial charge in [0.05, 0.1) is 0 Å². The number of anilines is 3. The summed E-state index contributed by atoms with van der Waals surface area (Å²) in [7, 11) is 0. The zero-order chi connectivity index (χ0) is 25.7. The van der Waals surface area contributed by atoms with Crippen LogP contribution in [0.25, 0.3) is 33.4 Å². The summed E-state index contributed by atoms with van der Waals surface area (Å²) in [6.07, 6.45) is 0. The van der Waals surface area contributed by atoms with E-state index in [1.807, 2.05) is 0 Å². The molecule has 0 aliphatic heterocycles. The van der Waals surface area contributed by atoms with Crippen molar-refractivity contribution in [2.75, 3.05) is 4.90 Å². The highest BCUT2D eigenvalue weighted by Crippen LogP contribution is 2.36. The Hall–Kier alpha value is -4.88. The lowest BCUT2D eigenvalue weighted by Crippen LogP contribution is -2.09. The molecule has 0 radical (unpaired) electrons. The van der Waals surface area contributed by atoms with E-state index in [-0.39, 0.29) is 0 Å². The molecule has 1 nitrogen and oxygen atoms in total. The van der Waals surface area contributed by atoms with E-state index in [4.69, 9.17) is 0 Å². The minimum Gasteiger partial charge on any atom is -0.311 e. The van der Waals surface area contributed by atoms with Crippen molar-refractivity contribution in [1.29, 1.82) is 0 Å². The topological polar surface area (TPSA) is 3.24 Å². The van der Waals surface area contributed by atoms with Gasteiger partial charge in [-0.3, -0.25) is 0 Å². The van der Waals surface area contributed by atoms with Crippen LogP contribution >= 0.6 is 0 Å². The summed E-state index contributed by atoms with van der Waals surface area (Å²) in [4.78, 5) is 2.31. The van der Waals surface area contributed by atoms with Crippen molar-refractivity contribution in [1.82, 2.24) is 0 Å². The normalized spacial score (nSPS) is 10.8. The van der Waals surface area contributed by atoms with Gasteiger partial charge in [-0.25, -0.2) is 0 Å². The maximum absolute atomic E-state index is 2.31. The lowest BCUT2D eigenvalue weighted by Gasteiger charge is -2.26. The number of benzene rings is 6. The fourth-order valence-electron chi connectivity index (χ4n) is 4.86. The van der Waals surface area contributed by atoms with E-state index < -0.39 is 0 Å². The van der Waals surface area contributed by atoms with Crippen molar-refractivity contribution in [2.45, 2.75) is 6.92 Å². The van der Waals surface area contributed by atoms with Crippen molar-refractivity contribution in [3.63, 3.8) is 0 Å². The van der Waals surface area contributed by atoms with Crippen LogP contribution in [-0.4, -0.2) is 0 Å². The Morgan fingerprint density at radius 3 is 1.00 bits per heavy atom. The number of para-hydroxylation sites is 1. The quantitative estimate of drug-likeness (QED) is 0.226. The van der Waals surface area contributed by atoms with Gasteiger partial charge >= 0.3 is 0 Å². The predicted molar refractivity (Wildman–Crippen MR) is 162 cm³/mol. The molecule has 0 atom stereocenters. The van der Waals surface area contributed by atoms with Crippen LogP contribution in [0.1, 0.15) is 5.56 Å². The Morgan fingerprint density at radius 2 is 0.579 bits per heavy atom. The highest BCUT2D eigenvalue weighted by molar-refractivity contribution is 5.80. The summed E-state index contributed by atoms with van der Waals surface area (Å²) >= 11 is 0. The molecule has 0 aliphatic rings. The molecule has 0 heterocycles. The van der Waals surface area contributed by atoms with Gasteiger partial charge in [0.2, 0.25) is 0 Å². The molecular formula is C37H29N. The fraction of sp³-hybridized carbons (Fsp3) is 0.0270. The van der Waals surface area contributed by atoms with Crippen LogP contribution in [-0.2, 0) is 0 Å². The molecule has 0 unspecified atom stereocenters. The second-order valence-electron chi connectivity index (χ2n) is 9.57. The van der Waals surface area contributed by atoms with E-state index >= 15 is 0 Å². The SMILES string of the molecule is Cc1ccc(-c2ccc(N(c3ccccc3)c3ccc(-c4ccc(-c5ccccc5)cc4)cc3)cc2)cc1.